The summed E-state index contributed by atoms with van der Waals surface area (Å²) in [6.07, 6.45) is 1.37. The van der Waals surface area contributed by atoms with Crippen LogP contribution in [0.4, 0.5) is 20.6 Å². The van der Waals surface area contributed by atoms with E-state index in [1.807, 2.05) is 12.1 Å². The molecule has 2 saturated heterocycles. The van der Waals surface area contributed by atoms with E-state index in [9.17, 15) is 14.0 Å². The topological polar surface area (TPSA) is 96.9 Å². The minimum Gasteiger partial charge on any atom is -0.481 e. The molecule has 10 heteroatoms. The number of anilines is 2. The fraction of sp³-hybridized carbons (Fsp3) is 0.360. The number of methoxy groups -OCH3 is 1. The molecule has 1 N–H and O–H groups in total. The van der Waals surface area contributed by atoms with Crippen LogP contribution in [0.1, 0.15) is 12.0 Å². The van der Waals surface area contributed by atoms with Gasteiger partial charge in [-0.25, -0.2) is 14.2 Å². The molecule has 9 nitrogen and oxygen atoms in total. The molecule has 0 spiro atoms. The molecule has 1 aromatic carbocycles. The van der Waals surface area contributed by atoms with Crippen LogP contribution in [0.25, 0.3) is 11.0 Å². The van der Waals surface area contributed by atoms with Crippen LogP contribution >= 0.6 is 0 Å². The Hall–Kier alpha value is -3.95. The lowest BCUT2D eigenvalue weighted by molar-refractivity contribution is -0.124. The van der Waals surface area contributed by atoms with E-state index < -0.39 is 12.2 Å². The van der Waals surface area contributed by atoms with Gasteiger partial charge in [0.05, 0.1) is 43.0 Å². The van der Waals surface area contributed by atoms with Crippen LogP contribution in [0.15, 0.2) is 42.6 Å². The van der Waals surface area contributed by atoms with Gasteiger partial charge in [0.15, 0.2) is 0 Å². The highest BCUT2D eigenvalue weighted by atomic mass is 19.1. The van der Waals surface area contributed by atoms with E-state index in [0.717, 1.165) is 16.7 Å². The largest absolute Gasteiger partial charge is 0.481 e. The summed E-state index contributed by atoms with van der Waals surface area (Å²) >= 11 is 0. The van der Waals surface area contributed by atoms with Crippen LogP contribution in [0.2, 0.25) is 0 Å². The van der Waals surface area contributed by atoms with E-state index >= 15 is 0 Å². The van der Waals surface area contributed by atoms with Crippen LogP contribution in [0.3, 0.4) is 0 Å². The van der Waals surface area contributed by atoms with Gasteiger partial charge in [0.1, 0.15) is 17.4 Å². The van der Waals surface area contributed by atoms with Crippen molar-refractivity contribution in [3.8, 4) is 5.88 Å². The number of halogens is 1. The summed E-state index contributed by atoms with van der Waals surface area (Å²) in [5, 5.41) is 2.92. The number of ether oxygens (including phenoxy) is 2. The fourth-order valence-corrected chi connectivity index (χ4v) is 4.50. The molecule has 5 rings (SSSR count). The normalized spacial score (nSPS) is 19.8. The molecule has 0 unspecified atom stereocenters. The van der Waals surface area contributed by atoms with Gasteiger partial charge in [-0.05, 0) is 43.2 Å². The highest BCUT2D eigenvalue weighted by Gasteiger charge is 2.34. The maximum absolute atomic E-state index is 13.9. The molecule has 4 heterocycles. The Morgan fingerprint density at radius 1 is 1.26 bits per heavy atom. The van der Waals surface area contributed by atoms with Gasteiger partial charge in [-0.1, -0.05) is 6.07 Å². The monoisotopic (exact) mass is 479 g/mol. The second-order valence-electron chi connectivity index (χ2n) is 8.78. The number of cyclic esters (lactones) is 1. The molecule has 0 bridgehead atoms. The SMILES string of the molecule is COc1ccc2nccc(N3CC[C@@H](C(=O)NC[C@@H]4CN(c5ccc(C)c(F)c5)C(=O)O4)C3)c2n1. The Balaban J connectivity index is 1.19. The molecule has 2 aliphatic heterocycles. The third kappa shape index (κ3) is 4.55. The standard InChI is InChI=1S/C25H26FN5O4/c1-15-3-4-17(11-19(15)26)31-14-18(35-25(31)33)12-28-24(32)16-8-10-30(13-16)21-7-9-27-20-5-6-22(34-2)29-23(20)21/h3-7,9,11,16,18H,8,10,12-14H2,1-2H3,(H,28,32)/t16-,18-/m1/s1. The lowest BCUT2D eigenvalue weighted by Gasteiger charge is -2.20. The molecule has 0 radical (unpaired) electrons. The summed E-state index contributed by atoms with van der Waals surface area (Å²) in [5.74, 6) is -0.169. The van der Waals surface area contributed by atoms with Gasteiger partial charge < -0.3 is 19.7 Å². The first-order chi connectivity index (χ1) is 16.9. The van der Waals surface area contributed by atoms with Gasteiger partial charge in [0.25, 0.3) is 0 Å². The molecule has 35 heavy (non-hydrogen) atoms. The Kier molecular flexibility index (Phi) is 6.10. The molecule has 2 amide bonds. The summed E-state index contributed by atoms with van der Waals surface area (Å²) in [4.78, 5) is 37.6. The summed E-state index contributed by atoms with van der Waals surface area (Å²) in [7, 11) is 1.57. The second-order valence-corrected chi connectivity index (χ2v) is 8.78. The second kappa shape index (κ2) is 9.36. The number of hydrogen-bond acceptors (Lipinski definition) is 7. The minimum absolute atomic E-state index is 0.0905. The first kappa shape index (κ1) is 22.8. The van der Waals surface area contributed by atoms with Gasteiger partial charge in [-0.2, -0.15) is 0 Å². The Labute approximate surface area is 201 Å². The molecule has 2 aromatic heterocycles. The predicted molar refractivity (Wildman–Crippen MR) is 128 cm³/mol. The molecular weight excluding hydrogens is 453 g/mol. The van der Waals surface area contributed by atoms with E-state index in [-0.39, 0.29) is 30.7 Å². The van der Waals surface area contributed by atoms with E-state index in [1.54, 1.807) is 38.4 Å². The molecule has 2 aliphatic rings. The number of aryl methyl sites for hydroxylation is 1. The maximum Gasteiger partial charge on any atom is 0.414 e. The van der Waals surface area contributed by atoms with Crippen molar-refractivity contribution >= 4 is 34.4 Å². The van der Waals surface area contributed by atoms with E-state index in [2.05, 4.69) is 20.2 Å². The third-order valence-electron chi connectivity index (χ3n) is 6.49. The Bertz CT molecular complexity index is 1290. The third-order valence-corrected chi connectivity index (χ3v) is 6.49. The first-order valence-electron chi connectivity index (χ1n) is 11.5. The first-order valence-corrected chi connectivity index (χ1v) is 11.5. The summed E-state index contributed by atoms with van der Waals surface area (Å²) < 4.78 is 24.5. The van der Waals surface area contributed by atoms with Crippen molar-refractivity contribution in [1.29, 1.82) is 0 Å². The quantitative estimate of drug-likeness (QED) is 0.580. The zero-order valence-electron chi connectivity index (χ0n) is 19.5. The van der Waals surface area contributed by atoms with Crippen molar-refractivity contribution in [2.45, 2.75) is 19.4 Å². The van der Waals surface area contributed by atoms with Crippen molar-refractivity contribution in [3.63, 3.8) is 0 Å². The number of carbonyl (C=O) groups is 2. The lowest BCUT2D eigenvalue weighted by atomic mass is 10.1. The maximum atomic E-state index is 13.9. The molecule has 0 saturated carbocycles. The van der Waals surface area contributed by atoms with Crippen LogP contribution in [-0.2, 0) is 9.53 Å². The van der Waals surface area contributed by atoms with Crippen molar-refractivity contribution in [1.82, 2.24) is 15.3 Å². The molecular formula is C25H26FN5O4. The van der Waals surface area contributed by atoms with Gasteiger partial charge in [-0.3, -0.25) is 14.7 Å². The number of aromatic nitrogens is 2. The average Bonchev–Trinajstić information content (AvgIpc) is 3.50. The molecule has 3 aromatic rings. The van der Waals surface area contributed by atoms with Crippen molar-refractivity contribution in [3.05, 3.63) is 54.0 Å². The van der Waals surface area contributed by atoms with Crippen molar-refractivity contribution < 1.29 is 23.5 Å². The summed E-state index contributed by atoms with van der Waals surface area (Å²) in [6, 6.07) is 10.2. The van der Waals surface area contributed by atoms with E-state index in [4.69, 9.17) is 9.47 Å². The molecule has 0 aliphatic carbocycles. The number of fused-ring (bicyclic) bond motifs is 1. The van der Waals surface area contributed by atoms with Crippen molar-refractivity contribution in [2.75, 3.05) is 43.1 Å². The number of amides is 2. The number of nitrogens with zero attached hydrogens (tertiary/aromatic N) is 4. The number of benzene rings is 1. The lowest BCUT2D eigenvalue weighted by Crippen LogP contribution is -2.39. The van der Waals surface area contributed by atoms with Gasteiger partial charge in [-0.15, -0.1) is 0 Å². The van der Waals surface area contributed by atoms with Gasteiger partial charge in [0, 0.05) is 25.4 Å². The van der Waals surface area contributed by atoms with Crippen LogP contribution in [0.5, 0.6) is 5.88 Å². The Morgan fingerprint density at radius 3 is 2.91 bits per heavy atom. The zero-order chi connectivity index (χ0) is 24.5. The summed E-state index contributed by atoms with van der Waals surface area (Å²) in [6.45, 7) is 3.36. The fourth-order valence-electron chi connectivity index (χ4n) is 4.50. The Morgan fingerprint density at radius 2 is 2.11 bits per heavy atom. The minimum atomic E-state index is -0.549. The van der Waals surface area contributed by atoms with Crippen LogP contribution in [0, 0.1) is 18.7 Å². The zero-order valence-corrected chi connectivity index (χ0v) is 19.5. The van der Waals surface area contributed by atoms with Crippen molar-refractivity contribution in [2.24, 2.45) is 5.92 Å². The summed E-state index contributed by atoms with van der Waals surface area (Å²) in [5.41, 5.74) is 3.35. The number of rotatable bonds is 6. The van der Waals surface area contributed by atoms with E-state index in [0.29, 0.717) is 36.6 Å². The number of carbonyl (C=O) groups excluding carboxylic acids is 2. The molecule has 2 fully saturated rings. The van der Waals surface area contributed by atoms with Crippen LogP contribution < -0.4 is 19.9 Å². The molecule has 2 atom stereocenters. The number of nitrogens with one attached hydrogen (secondary N) is 1. The van der Waals surface area contributed by atoms with Gasteiger partial charge >= 0.3 is 6.09 Å². The average molecular weight is 480 g/mol. The number of pyridine rings is 2. The highest BCUT2D eigenvalue weighted by molar-refractivity contribution is 5.90. The molecule has 182 valence electrons. The smallest absolute Gasteiger partial charge is 0.414 e. The number of hydrogen-bond donors (Lipinski definition) is 1. The van der Waals surface area contributed by atoms with Crippen LogP contribution in [-0.4, -0.2) is 61.4 Å². The van der Waals surface area contributed by atoms with Gasteiger partial charge in [0.2, 0.25) is 11.8 Å². The highest BCUT2D eigenvalue weighted by Crippen LogP contribution is 2.30. The van der Waals surface area contributed by atoms with E-state index in [1.165, 1.54) is 11.0 Å². The predicted octanol–water partition coefficient (Wildman–Crippen LogP) is 3.05.